The third kappa shape index (κ3) is 9.03. The van der Waals surface area contributed by atoms with Gasteiger partial charge in [-0.2, -0.15) is 4.98 Å². The lowest BCUT2D eigenvalue weighted by Crippen LogP contribution is -2.63. The molecule has 0 saturated carbocycles. The van der Waals surface area contributed by atoms with E-state index in [1.807, 2.05) is 0 Å². The molecule has 2 heterocycles. The smallest absolute Gasteiger partial charge is 0.412 e. The van der Waals surface area contributed by atoms with Crippen LogP contribution >= 0.6 is 0 Å². The third-order valence-electron chi connectivity index (χ3n) is 8.27. The van der Waals surface area contributed by atoms with E-state index in [0.717, 1.165) is 9.80 Å². The number of imidazole rings is 1. The number of aromatic amines is 1. The third-order valence-corrected chi connectivity index (χ3v) is 8.27. The van der Waals surface area contributed by atoms with Crippen molar-refractivity contribution < 1.29 is 43.6 Å². The number of nitrogens with zero attached hydrogens (tertiary/aromatic N) is 5. The van der Waals surface area contributed by atoms with E-state index >= 15 is 0 Å². The van der Waals surface area contributed by atoms with E-state index in [4.69, 9.17) is 19.9 Å². The molecule has 0 aliphatic heterocycles. The largest absolute Gasteiger partial charge is 0.480 e. The molecule has 0 saturated heterocycles. The second-order valence-electron chi connectivity index (χ2n) is 12.6. The molecular formula is C35H43N7O10. The van der Waals surface area contributed by atoms with Crippen LogP contribution in [-0.2, 0) is 43.7 Å². The zero-order chi connectivity index (χ0) is 38.0. The van der Waals surface area contributed by atoms with Gasteiger partial charge in [-0.05, 0) is 23.5 Å². The predicted octanol–water partition coefficient (Wildman–Crippen LogP) is 3.89. The summed E-state index contributed by atoms with van der Waals surface area (Å²) in [4.78, 5) is 77.7. The van der Waals surface area contributed by atoms with Crippen molar-refractivity contribution in [1.82, 2.24) is 29.3 Å². The summed E-state index contributed by atoms with van der Waals surface area (Å²) in [6.45, 7) is 4.90. The lowest BCUT2D eigenvalue weighted by Gasteiger charge is -2.42. The first-order valence-corrected chi connectivity index (χ1v) is 16.5. The second kappa shape index (κ2) is 17.3. The summed E-state index contributed by atoms with van der Waals surface area (Å²) in [6.07, 6.45) is -0.842. The van der Waals surface area contributed by atoms with E-state index in [-0.39, 0.29) is 49.8 Å². The summed E-state index contributed by atoms with van der Waals surface area (Å²) in [6, 6.07) is 16.3. The van der Waals surface area contributed by atoms with Crippen molar-refractivity contribution in [3.63, 3.8) is 0 Å². The zero-order valence-corrected chi connectivity index (χ0v) is 29.3. The summed E-state index contributed by atoms with van der Waals surface area (Å²) in [5, 5.41) is 20.9. The quantitative estimate of drug-likeness (QED) is 0.114. The van der Waals surface area contributed by atoms with Crippen molar-refractivity contribution in [2.75, 3.05) is 18.8 Å². The topological polar surface area (TPSA) is 232 Å². The number of H-pyrrole nitrogens is 1. The van der Waals surface area contributed by atoms with Crippen molar-refractivity contribution in [3.8, 4) is 0 Å². The van der Waals surface area contributed by atoms with Gasteiger partial charge in [-0.1, -0.05) is 88.4 Å². The van der Waals surface area contributed by atoms with Crippen LogP contribution in [0.2, 0.25) is 0 Å². The first kappa shape index (κ1) is 38.8. The van der Waals surface area contributed by atoms with E-state index in [9.17, 15) is 34.2 Å². The molecule has 0 radical (unpaired) electrons. The van der Waals surface area contributed by atoms with Crippen LogP contribution in [0.15, 0.2) is 71.8 Å². The minimum atomic E-state index is -2.39. The van der Waals surface area contributed by atoms with Crippen molar-refractivity contribution >= 4 is 41.2 Å². The Balaban J connectivity index is 1.66. The highest BCUT2D eigenvalue weighted by Gasteiger charge is 2.52. The van der Waals surface area contributed by atoms with Crippen LogP contribution in [-0.4, -0.2) is 88.5 Å². The number of nitrogen functional groups attached to an aromatic ring is 1. The number of ether oxygens (including phenoxy) is 3. The Morgan fingerprint density at radius 2 is 1.48 bits per heavy atom. The first-order chi connectivity index (χ1) is 24.8. The number of hydrogen-bond donors (Lipinski definition) is 4. The number of fused-ring (bicyclic) bond motifs is 1. The number of carboxylic acids is 2. The van der Waals surface area contributed by atoms with Crippen LogP contribution in [0.25, 0.3) is 11.2 Å². The van der Waals surface area contributed by atoms with E-state index in [1.54, 1.807) is 74.5 Å². The van der Waals surface area contributed by atoms with E-state index in [2.05, 4.69) is 15.0 Å². The van der Waals surface area contributed by atoms with Gasteiger partial charge in [0.2, 0.25) is 11.7 Å². The number of hydrogen-bond acceptors (Lipinski definition) is 11. The molecule has 2 atom stereocenters. The average Bonchev–Trinajstić information content (AvgIpc) is 3.51. The number of nitrogens with one attached hydrogen (secondary N) is 1. The van der Waals surface area contributed by atoms with Crippen molar-refractivity contribution in [2.24, 2.45) is 11.8 Å². The molecule has 4 aromatic rings. The van der Waals surface area contributed by atoms with Crippen molar-refractivity contribution in [2.45, 2.75) is 65.8 Å². The molecule has 17 heteroatoms. The van der Waals surface area contributed by atoms with Gasteiger partial charge in [0.25, 0.3) is 5.56 Å². The molecule has 0 aliphatic carbocycles. The fourth-order valence-electron chi connectivity index (χ4n) is 5.73. The molecular weight excluding hydrogens is 678 g/mol. The number of carbonyl (C=O) groups is 4. The molecule has 0 fully saturated rings. The van der Waals surface area contributed by atoms with Crippen LogP contribution in [0.3, 0.4) is 0 Å². The number of carbonyl (C=O) groups excluding carboxylic acids is 2. The summed E-state index contributed by atoms with van der Waals surface area (Å²) in [5.74, 6) is -4.47. The number of nitrogens with two attached hydrogens (primary N) is 1. The number of benzene rings is 2. The number of anilines is 1. The lowest BCUT2D eigenvalue weighted by atomic mass is 9.97. The Hall–Kier alpha value is -5.97. The maximum atomic E-state index is 13.9. The zero-order valence-electron chi connectivity index (χ0n) is 29.3. The van der Waals surface area contributed by atoms with Gasteiger partial charge in [-0.25, -0.2) is 24.2 Å². The van der Waals surface area contributed by atoms with Gasteiger partial charge in [-0.15, -0.1) is 0 Å². The highest BCUT2D eigenvalue weighted by atomic mass is 16.6. The maximum absolute atomic E-state index is 13.9. The first-order valence-electron chi connectivity index (χ1n) is 16.5. The summed E-state index contributed by atoms with van der Waals surface area (Å²) in [7, 11) is 0. The molecule has 278 valence electrons. The molecule has 2 aromatic carbocycles. The Morgan fingerprint density at radius 1 is 0.904 bits per heavy atom. The summed E-state index contributed by atoms with van der Waals surface area (Å²) >= 11 is 0. The van der Waals surface area contributed by atoms with Crippen LogP contribution in [0.4, 0.5) is 15.5 Å². The molecule has 5 N–H and O–H groups in total. The summed E-state index contributed by atoms with van der Waals surface area (Å²) < 4.78 is 18.4. The Morgan fingerprint density at radius 3 is 2.00 bits per heavy atom. The fraction of sp³-hybridized carbons (Fsp3) is 0.400. The molecule has 52 heavy (non-hydrogen) atoms. The molecule has 2 aromatic heterocycles. The van der Waals surface area contributed by atoms with Crippen LogP contribution in [0, 0.1) is 11.8 Å². The molecule has 0 bridgehead atoms. The average molecular weight is 722 g/mol. The van der Waals surface area contributed by atoms with E-state index in [0.29, 0.717) is 11.1 Å². The van der Waals surface area contributed by atoms with Crippen LogP contribution < -0.4 is 11.3 Å². The van der Waals surface area contributed by atoms with Gasteiger partial charge in [0, 0.05) is 19.0 Å². The van der Waals surface area contributed by atoms with Gasteiger partial charge < -0.3 is 30.2 Å². The minimum absolute atomic E-state index is 0.0144. The molecule has 2 amide bonds. The van der Waals surface area contributed by atoms with Crippen molar-refractivity contribution in [3.05, 3.63) is 88.5 Å². The predicted molar refractivity (Wildman–Crippen MR) is 186 cm³/mol. The second-order valence-corrected chi connectivity index (χ2v) is 12.6. The number of carboxylic acid groups (broad SMARTS) is 2. The summed E-state index contributed by atoms with van der Waals surface area (Å²) in [5.41, 5.74) is 3.98. The van der Waals surface area contributed by atoms with Gasteiger partial charge in [0.1, 0.15) is 26.0 Å². The van der Waals surface area contributed by atoms with Crippen molar-refractivity contribution in [1.29, 1.82) is 0 Å². The molecule has 4 rings (SSSR count). The van der Waals surface area contributed by atoms with Gasteiger partial charge in [0.05, 0.1) is 6.33 Å². The van der Waals surface area contributed by atoms with Crippen LogP contribution in [0.5, 0.6) is 0 Å². The van der Waals surface area contributed by atoms with Gasteiger partial charge in [0.15, 0.2) is 11.2 Å². The van der Waals surface area contributed by atoms with Crippen LogP contribution in [0.1, 0.15) is 45.2 Å². The Bertz CT molecular complexity index is 1900. The normalized spacial score (nSPS) is 13.0. The monoisotopic (exact) mass is 721 g/mol. The maximum Gasteiger partial charge on any atom is 0.412 e. The number of amides is 2. The van der Waals surface area contributed by atoms with Gasteiger partial charge in [-0.3, -0.25) is 24.1 Å². The van der Waals surface area contributed by atoms with Gasteiger partial charge >= 0.3 is 24.1 Å². The standard InChI is InChI=1S/C35H43N7O10/c1-22(2)27(30(44)45)41(33(48)50-18-24-12-7-5-8-13-24)16-11-17-42(34(49)51-19-25-14-9-6-10-15-25)35(23(3)4,31(46)47)52-21-40-20-37-26-28(40)38-32(36)39-29(26)43/h5-10,12-15,20,22-23,27H,11,16-19,21H2,1-4H3,(H,44,45)(H,46,47)(H3,36,38,39,43)/t27-,35+/m0/s1. The molecule has 0 unspecified atom stereocenters. The minimum Gasteiger partial charge on any atom is -0.480 e. The molecule has 0 spiro atoms. The Kier molecular flexibility index (Phi) is 12.9. The van der Waals surface area contributed by atoms with E-state index in [1.165, 1.54) is 24.7 Å². The number of rotatable bonds is 17. The fourth-order valence-corrected chi connectivity index (χ4v) is 5.73. The van der Waals surface area contributed by atoms with E-state index < -0.39 is 60.0 Å². The molecule has 0 aliphatic rings. The SMILES string of the molecule is CC(C)[C@@H](C(=O)O)N(CCCN(C(=O)OCc1ccccc1)[C@](OCn1cnc2c(=O)[nH]c(N)nc21)(C(=O)O)C(C)C)C(=O)OCc1ccccc1. The Labute approximate surface area is 298 Å². The highest BCUT2D eigenvalue weighted by Crippen LogP contribution is 2.30. The highest BCUT2D eigenvalue weighted by molar-refractivity contribution is 5.83. The number of aromatic nitrogens is 4. The molecule has 17 nitrogen and oxygen atoms in total. The number of aliphatic carboxylic acids is 2. The lowest BCUT2D eigenvalue weighted by molar-refractivity contribution is -0.216.